The molecular weight excluding hydrogens is 436 g/mol. The number of ether oxygens (including phenoxy) is 1. The number of halogens is 4. The Hall–Kier alpha value is -0.560. The van der Waals surface area contributed by atoms with Crippen LogP contribution in [0, 0.1) is 41.0 Å². The molecule has 29 heavy (non-hydrogen) atoms. The van der Waals surface area contributed by atoms with Crippen molar-refractivity contribution in [1.29, 1.82) is 0 Å². The zero-order chi connectivity index (χ0) is 21.7. The second-order valence-corrected chi connectivity index (χ2v) is 9.61. The molecule has 11 heteroatoms. The number of hydrogen-bond acceptors (Lipinski definition) is 6. The summed E-state index contributed by atoms with van der Waals surface area (Å²) in [5, 5.41) is 11.2. The molecule has 1 aliphatic rings. The highest BCUT2D eigenvalue weighted by Crippen LogP contribution is 2.36. The molecule has 1 saturated carbocycles. The normalized spacial score (nSPS) is 23.6. The first-order valence-corrected chi connectivity index (χ1v) is 11.3. The fourth-order valence-electron chi connectivity index (χ4n) is 3.44. The topological polar surface area (TPSA) is 71.0 Å². The molecule has 1 aliphatic carbocycles. The molecule has 4 atom stereocenters. The van der Waals surface area contributed by atoms with Crippen LogP contribution >= 0.6 is 12.0 Å². The van der Waals surface area contributed by atoms with Crippen LogP contribution in [0.15, 0.2) is 9.79 Å². The molecular formula is C18H24F4O5S2. The third-order valence-electron chi connectivity index (χ3n) is 5.26. The molecule has 5 nitrogen and oxygen atoms in total. The Labute approximate surface area is 174 Å². The van der Waals surface area contributed by atoms with Crippen molar-refractivity contribution in [2.75, 3.05) is 12.4 Å². The maximum Gasteiger partial charge on any atom is 0.230 e. The Kier molecular flexibility index (Phi) is 9.52. The molecule has 0 saturated heterocycles. The first-order chi connectivity index (χ1) is 13.7. The monoisotopic (exact) mass is 460 g/mol. The van der Waals surface area contributed by atoms with Gasteiger partial charge >= 0.3 is 0 Å². The van der Waals surface area contributed by atoms with Crippen LogP contribution in [0.1, 0.15) is 40.0 Å². The highest BCUT2D eigenvalue weighted by molar-refractivity contribution is 7.94. The minimum atomic E-state index is -2.36. The summed E-state index contributed by atoms with van der Waals surface area (Å²) in [5.74, 6) is -6.18. The first kappa shape index (κ1) is 24.7. The van der Waals surface area contributed by atoms with Crippen molar-refractivity contribution in [2.45, 2.75) is 55.9 Å². The van der Waals surface area contributed by atoms with E-state index in [9.17, 15) is 22.1 Å². The zero-order valence-corrected chi connectivity index (χ0v) is 17.9. The van der Waals surface area contributed by atoms with Crippen molar-refractivity contribution in [2.24, 2.45) is 17.8 Å². The second kappa shape index (κ2) is 11.2. The van der Waals surface area contributed by atoms with Crippen LogP contribution in [0.3, 0.4) is 0 Å². The summed E-state index contributed by atoms with van der Waals surface area (Å²) < 4.78 is 78.3. The fourth-order valence-corrected chi connectivity index (χ4v) is 4.89. The average molecular weight is 461 g/mol. The Bertz CT molecular complexity index is 666. The SMILES string of the molecule is CC(C)[C@H]1CC[C@H](C)C(OCC[S+]([O-])c2c(F)c(F)c(SOOO)c(F)c2F)C1. The van der Waals surface area contributed by atoms with Gasteiger partial charge in [-0.1, -0.05) is 25.8 Å². The van der Waals surface area contributed by atoms with Gasteiger partial charge < -0.3 is 9.29 Å². The standard InChI is InChI=1S/C18H24F4O5S2/c1-9(2)11-5-4-10(3)12(8-11)25-6-7-29(24)18-15(21)13(19)17(28-27-26-23)14(20)16(18)22/h9-12,23H,4-8H2,1-3H3/t10-,11-,12?,29?/m0/s1. The molecule has 2 rings (SSSR count). The van der Waals surface area contributed by atoms with E-state index in [1.807, 2.05) is 0 Å². The van der Waals surface area contributed by atoms with Crippen LogP contribution < -0.4 is 0 Å². The van der Waals surface area contributed by atoms with Gasteiger partial charge in [-0.2, -0.15) is 8.78 Å². The van der Waals surface area contributed by atoms with Crippen LogP contribution in [0.2, 0.25) is 0 Å². The maximum atomic E-state index is 14.2. The molecule has 0 amide bonds. The van der Waals surface area contributed by atoms with E-state index in [1.165, 1.54) is 0 Å². The Balaban J connectivity index is 2.04. The molecule has 0 bridgehead atoms. The molecule has 0 spiro atoms. The van der Waals surface area contributed by atoms with Crippen LogP contribution in [0.5, 0.6) is 0 Å². The quantitative estimate of drug-likeness (QED) is 0.135. The van der Waals surface area contributed by atoms with E-state index in [2.05, 4.69) is 30.1 Å². The van der Waals surface area contributed by atoms with Crippen molar-refractivity contribution in [3.63, 3.8) is 0 Å². The van der Waals surface area contributed by atoms with E-state index < -0.39 is 44.2 Å². The molecule has 1 aromatic carbocycles. The maximum absolute atomic E-state index is 14.2. The molecule has 0 aliphatic heterocycles. The summed E-state index contributed by atoms with van der Waals surface area (Å²) in [7, 11) is 0. The molecule has 1 aromatic rings. The molecule has 166 valence electrons. The van der Waals surface area contributed by atoms with Crippen molar-refractivity contribution in [3.05, 3.63) is 23.3 Å². The molecule has 1 fully saturated rings. The van der Waals surface area contributed by atoms with Gasteiger partial charge in [0.05, 0.1) is 24.8 Å². The lowest BCUT2D eigenvalue weighted by Crippen LogP contribution is -2.33. The molecule has 1 N–H and O–H groups in total. The predicted octanol–water partition coefficient (Wildman–Crippen LogP) is 5.26. The highest BCUT2D eigenvalue weighted by atomic mass is 32.2. The summed E-state index contributed by atoms with van der Waals surface area (Å²) in [6.45, 7) is 6.27. The van der Waals surface area contributed by atoms with E-state index >= 15 is 0 Å². The van der Waals surface area contributed by atoms with Gasteiger partial charge in [0.2, 0.25) is 16.5 Å². The lowest BCUT2D eigenvalue weighted by atomic mass is 9.76. The highest BCUT2D eigenvalue weighted by Gasteiger charge is 2.34. The summed E-state index contributed by atoms with van der Waals surface area (Å²) in [4.78, 5) is -2.41. The minimum Gasteiger partial charge on any atom is -0.611 e. The summed E-state index contributed by atoms with van der Waals surface area (Å²) in [5.41, 5.74) is 0. The van der Waals surface area contributed by atoms with Gasteiger partial charge in [0.25, 0.3) is 0 Å². The van der Waals surface area contributed by atoms with Gasteiger partial charge in [0.15, 0.2) is 11.6 Å². The van der Waals surface area contributed by atoms with E-state index in [4.69, 9.17) is 9.99 Å². The molecule has 0 radical (unpaired) electrons. The lowest BCUT2D eigenvalue weighted by molar-refractivity contribution is -0.432. The number of benzene rings is 1. The Morgan fingerprint density at radius 2 is 1.76 bits per heavy atom. The van der Waals surface area contributed by atoms with E-state index in [1.54, 1.807) is 0 Å². The first-order valence-electron chi connectivity index (χ1n) is 9.19. The third-order valence-corrected chi connectivity index (χ3v) is 7.27. The Morgan fingerprint density at radius 3 is 2.31 bits per heavy atom. The average Bonchev–Trinajstić information content (AvgIpc) is 2.68. The summed E-state index contributed by atoms with van der Waals surface area (Å²) in [6, 6.07) is 0. The second-order valence-electron chi connectivity index (χ2n) is 7.39. The summed E-state index contributed by atoms with van der Waals surface area (Å²) >= 11 is -2.62. The van der Waals surface area contributed by atoms with E-state index in [-0.39, 0.29) is 30.5 Å². The van der Waals surface area contributed by atoms with Gasteiger partial charge in [0, 0.05) is 0 Å². The van der Waals surface area contributed by atoms with Gasteiger partial charge in [-0.3, -0.25) is 0 Å². The van der Waals surface area contributed by atoms with Crippen molar-refractivity contribution >= 4 is 23.2 Å². The van der Waals surface area contributed by atoms with Crippen molar-refractivity contribution in [1.82, 2.24) is 0 Å². The molecule has 0 heterocycles. The van der Waals surface area contributed by atoms with E-state index in [0.29, 0.717) is 17.8 Å². The van der Waals surface area contributed by atoms with Crippen molar-refractivity contribution in [3.8, 4) is 0 Å². The van der Waals surface area contributed by atoms with Crippen LogP contribution in [-0.4, -0.2) is 28.3 Å². The molecule has 2 unspecified atom stereocenters. The largest absolute Gasteiger partial charge is 0.611 e. The molecule has 0 aromatic heterocycles. The van der Waals surface area contributed by atoms with Gasteiger partial charge in [0.1, 0.15) is 10.6 Å². The predicted molar refractivity (Wildman–Crippen MR) is 99.3 cm³/mol. The van der Waals surface area contributed by atoms with Gasteiger partial charge in [-0.25, -0.2) is 14.0 Å². The van der Waals surface area contributed by atoms with Crippen LogP contribution in [-0.2, 0) is 25.3 Å². The van der Waals surface area contributed by atoms with Crippen LogP contribution in [0.25, 0.3) is 0 Å². The number of hydrogen-bond donors (Lipinski definition) is 1. The van der Waals surface area contributed by atoms with E-state index in [0.717, 1.165) is 19.3 Å². The van der Waals surface area contributed by atoms with Gasteiger partial charge in [-0.05, 0) is 48.2 Å². The van der Waals surface area contributed by atoms with Gasteiger partial charge in [-0.15, -0.1) is 4.33 Å². The Morgan fingerprint density at radius 1 is 1.14 bits per heavy atom. The zero-order valence-electron chi connectivity index (χ0n) is 16.3. The number of rotatable bonds is 9. The lowest BCUT2D eigenvalue weighted by Gasteiger charge is -2.36. The van der Waals surface area contributed by atoms with Crippen molar-refractivity contribution < 1.29 is 41.5 Å². The van der Waals surface area contributed by atoms with Crippen LogP contribution in [0.4, 0.5) is 17.6 Å². The summed E-state index contributed by atoms with van der Waals surface area (Å²) in [6.07, 6.45) is 2.88. The third kappa shape index (κ3) is 5.99. The fraction of sp³-hybridized carbons (Fsp3) is 0.667. The smallest absolute Gasteiger partial charge is 0.230 e. The minimum absolute atomic E-state index is 0.0630.